The predicted molar refractivity (Wildman–Crippen MR) is 126 cm³/mol. The molecular weight excluding hydrogens is 563 g/mol. The molecule has 1 N–H and O–H groups in total. The zero-order chi connectivity index (χ0) is 25.0. The normalized spacial score (nSPS) is 13.2. The third-order valence-corrected chi connectivity index (χ3v) is 4.27. The Kier molecular flexibility index (Phi) is 8.04. The molecule has 1 heterocycles. The van der Waals surface area contributed by atoms with Crippen LogP contribution in [0, 0.1) is 25.3 Å². The number of carbonyl (C=O) groups excluding carboxylic acids is 1. The van der Waals surface area contributed by atoms with Crippen LogP contribution in [-0.2, 0) is 31.3 Å². The summed E-state index contributed by atoms with van der Waals surface area (Å²) in [5.74, 6) is -0.0625. The van der Waals surface area contributed by atoms with Crippen LogP contribution in [0.25, 0.3) is 22.2 Å². The summed E-state index contributed by atoms with van der Waals surface area (Å²) in [6.07, 6.45) is 1.63. The van der Waals surface area contributed by atoms with Crippen LogP contribution in [0.3, 0.4) is 0 Å². The van der Waals surface area contributed by atoms with Gasteiger partial charge in [0.2, 0.25) is 0 Å². The van der Waals surface area contributed by atoms with Gasteiger partial charge in [0.25, 0.3) is 0 Å². The van der Waals surface area contributed by atoms with E-state index in [9.17, 15) is 4.79 Å². The van der Waals surface area contributed by atoms with Crippen LogP contribution in [0.5, 0.6) is 0 Å². The standard InChI is InChI=1S/C22H24N.C5H8O2.Ir/c1-15-10-16(2)12-17(11-15)21-13-18(14-22(3,4)5)19-8-6-7-9-20(19)23-21;1-4(6)3-5(2)7;/h6-11,13H,14H2,1-5H3;3,6H,1-2H3;/q-1;;/b;4-3-;/i3D3;;. The number of hydrogen-bond donors (Lipinski definition) is 1. The molecule has 0 atom stereocenters. The quantitative estimate of drug-likeness (QED) is 0.202. The van der Waals surface area contributed by atoms with Crippen molar-refractivity contribution in [1.29, 1.82) is 0 Å². The fourth-order valence-electron chi connectivity index (χ4n) is 3.34. The molecule has 0 saturated heterocycles. The van der Waals surface area contributed by atoms with Gasteiger partial charge in [-0.05, 0) is 43.0 Å². The minimum atomic E-state index is -2.02. The molecule has 2 aromatic carbocycles. The molecule has 3 nitrogen and oxygen atoms in total. The summed E-state index contributed by atoms with van der Waals surface area (Å²) in [6.45, 7) is 8.51. The number of aromatic nitrogens is 1. The minimum Gasteiger partial charge on any atom is -0.512 e. The summed E-state index contributed by atoms with van der Waals surface area (Å²) in [7, 11) is 0. The van der Waals surface area contributed by atoms with Crippen molar-refractivity contribution in [3.63, 3.8) is 0 Å². The first-order valence-corrected chi connectivity index (χ1v) is 9.97. The van der Waals surface area contributed by atoms with Crippen molar-refractivity contribution in [3.05, 3.63) is 77.1 Å². The molecule has 0 fully saturated rings. The molecule has 0 bridgehead atoms. The molecule has 0 unspecified atom stereocenters. The van der Waals surface area contributed by atoms with E-state index in [-0.39, 0.29) is 31.6 Å². The van der Waals surface area contributed by atoms with Gasteiger partial charge in [0.15, 0.2) is 5.78 Å². The SMILES string of the molecule is CC(=O)/C=C(/C)O.[2H]C([2H])([2H])C(C)(C)Cc1cc(-c2[c-]c(C)cc(C)c2)nc2ccccc12.[Ir]. The van der Waals surface area contributed by atoms with Gasteiger partial charge in [-0.15, -0.1) is 34.9 Å². The predicted octanol–water partition coefficient (Wildman–Crippen LogP) is 6.94. The van der Waals surface area contributed by atoms with Gasteiger partial charge in [0.1, 0.15) is 0 Å². The first-order chi connectivity index (χ1) is 15.2. The zero-order valence-corrected chi connectivity index (χ0v) is 21.4. The van der Waals surface area contributed by atoms with Crippen molar-refractivity contribution in [3.8, 4) is 11.3 Å². The number of benzene rings is 2. The summed E-state index contributed by atoms with van der Waals surface area (Å²) in [6, 6.07) is 17.5. The Bertz CT molecular complexity index is 1160. The Morgan fingerprint density at radius 3 is 2.42 bits per heavy atom. The van der Waals surface area contributed by atoms with Crippen molar-refractivity contribution >= 4 is 16.7 Å². The maximum absolute atomic E-state index is 10.0. The number of fused-ring (bicyclic) bond motifs is 1. The molecule has 0 saturated carbocycles. The van der Waals surface area contributed by atoms with Crippen LogP contribution in [-0.4, -0.2) is 15.9 Å². The molecule has 0 aliphatic rings. The number of aliphatic hydroxyl groups is 1. The van der Waals surface area contributed by atoms with E-state index in [0.29, 0.717) is 6.42 Å². The first kappa shape index (κ1) is 21.9. The number of para-hydroxylation sites is 1. The number of allylic oxidation sites excluding steroid dienone is 2. The Labute approximate surface area is 204 Å². The summed E-state index contributed by atoms with van der Waals surface area (Å²) in [4.78, 5) is 14.8. The molecule has 167 valence electrons. The number of rotatable bonds is 3. The monoisotopic (exact) mass is 598 g/mol. The number of aliphatic hydroxyl groups excluding tert-OH is 1. The van der Waals surface area contributed by atoms with Gasteiger partial charge < -0.3 is 5.11 Å². The third-order valence-electron chi connectivity index (χ3n) is 4.27. The molecule has 1 radical (unpaired) electrons. The van der Waals surface area contributed by atoms with Crippen molar-refractivity contribution in [2.45, 2.75) is 54.8 Å². The Morgan fingerprint density at radius 1 is 1.19 bits per heavy atom. The topological polar surface area (TPSA) is 50.2 Å². The van der Waals surface area contributed by atoms with Crippen molar-refractivity contribution in [1.82, 2.24) is 4.98 Å². The number of hydrogen-bond acceptors (Lipinski definition) is 3. The average Bonchev–Trinajstić information content (AvgIpc) is 2.65. The smallest absolute Gasteiger partial charge is 0.155 e. The van der Waals surface area contributed by atoms with Gasteiger partial charge in [-0.1, -0.05) is 58.8 Å². The molecule has 0 aliphatic heterocycles. The molecule has 3 aromatic rings. The third kappa shape index (κ3) is 8.77. The van der Waals surface area contributed by atoms with Crippen LogP contribution < -0.4 is 0 Å². The van der Waals surface area contributed by atoms with E-state index in [4.69, 9.17) is 14.2 Å². The van der Waals surface area contributed by atoms with Crippen molar-refractivity contribution in [2.24, 2.45) is 5.41 Å². The van der Waals surface area contributed by atoms with Gasteiger partial charge in [-0.25, -0.2) is 0 Å². The van der Waals surface area contributed by atoms with Crippen LogP contribution in [0.2, 0.25) is 0 Å². The van der Waals surface area contributed by atoms with E-state index >= 15 is 0 Å². The fourth-order valence-corrected chi connectivity index (χ4v) is 3.34. The summed E-state index contributed by atoms with van der Waals surface area (Å²) >= 11 is 0. The zero-order valence-electron chi connectivity index (χ0n) is 22.0. The second-order valence-corrected chi connectivity index (χ2v) is 8.40. The van der Waals surface area contributed by atoms with Gasteiger partial charge in [-0.2, -0.15) is 0 Å². The number of pyridine rings is 1. The Hall–Kier alpha value is -2.29. The average molecular weight is 598 g/mol. The molecular formula is C27H32IrNO2-. The number of carbonyl (C=O) groups is 1. The largest absolute Gasteiger partial charge is 0.512 e. The number of aryl methyl sites for hydroxylation is 2. The van der Waals surface area contributed by atoms with Gasteiger partial charge >= 0.3 is 0 Å². The van der Waals surface area contributed by atoms with Gasteiger partial charge in [0, 0.05) is 35.7 Å². The van der Waals surface area contributed by atoms with Crippen molar-refractivity contribution < 1.29 is 34.1 Å². The van der Waals surface area contributed by atoms with E-state index in [1.54, 1.807) is 13.8 Å². The Morgan fingerprint density at radius 2 is 1.87 bits per heavy atom. The van der Waals surface area contributed by atoms with E-state index in [2.05, 4.69) is 25.1 Å². The van der Waals surface area contributed by atoms with Crippen LogP contribution in [0.15, 0.2) is 54.3 Å². The molecule has 31 heavy (non-hydrogen) atoms. The second kappa shape index (κ2) is 11.4. The number of nitrogens with zero attached hydrogens (tertiary/aromatic N) is 1. The van der Waals surface area contributed by atoms with E-state index in [0.717, 1.165) is 38.9 Å². The molecule has 3 rings (SSSR count). The van der Waals surface area contributed by atoms with E-state index in [1.807, 2.05) is 37.3 Å². The molecule has 0 aliphatic carbocycles. The van der Waals surface area contributed by atoms with Gasteiger partial charge in [-0.3, -0.25) is 9.78 Å². The molecule has 4 heteroatoms. The second-order valence-electron chi connectivity index (χ2n) is 8.40. The van der Waals surface area contributed by atoms with Crippen LogP contribution in [0.1, 0.15) is 55.3 Å². The van der Waals surface area contributed by atoms with E-state index < -0.39 is 12.3 Å². The summed E-state index contributed by atoms with van der Waals surface area (Å²) < 4.78 is 23.6. The molecule has 1 aromatic heterocycles. The van der Waals surface area contributed by atoms with Crippen molar-refractivity contribution in [2.75, 3.05) is 0 Å². The first-order valence-electron chi connectivity index (χ1n) is 11.5. The number of ketones is 1. The summed E-state index contributed by atoms with van der Waals surface area (Å²) in [5.41, 5.74) is 5.09. The van der Waals surface area contributed by atoms with E-state index in [1.165, 1.54) is 19.9 Å². The van der Waals surface area contributed by atoms with Gasteiger partial charge in [0.05, 0.1) is 11.3 Å². The van der Waals surface area contributed by atoms with Crippen LogP contribution >= 0.6 is 0 Å². The summed E-state index contributed by atoms with van der Waals surface area (Å²) in [5, 5.41) is 9.38. The minimum absolute atomic E-state index is 0. The molecule has 0 amide bonds. The maximum Gasteiger partial charge on any atom is 0.155 e. The van der Waals surface area contributed by atoms with Crippen LogP contribution in [0.4, 0.5) is 0 Å². The fraction of sp³-hybridized carbons (Fsp3) is 0.333. The maximum atomic E-state index is 10.0. The Balaban J connectivity index is 0.000000633. The molecule has 0 spiro atoms.